The first kappa shape index (κ1) is 22.6. The molecular weight excluding hydrogens is 284 g/mol. The van der Waals surface area contributed by atoms with Gasteiger partial charge in [0, 0.05) is 22.7 Å². The summed E-state index contributed by atoms with van der Waals surface area (Å²) in [5.41, 5.74) is -1.06. The number of nitrogens with zero attached hydrogens (tertiary/aromatic N) is 1. The van der Waals surface area contributed by atoms with Gasteiger partial charge in [0.1, 0.15) is 0 Å². The van der Waals surface area contributed by atoms with Crippen LogP contribution in [0.3, 0.4) is 0 Å². The summed E-state index contributed by atoms with van der Waals surface area (Å²) in [5.74, 6) is 0.702. The highest BCUT2D eigenvalue weighted by molar-refractivity contribution is 5.11. The molecule has 0 aliphatic carbocycles. The molecule has 3 nitrogen and oxygen atoms in total. The van der Waals surface area contributed by atoms with Crippen LogP contribution in [0.25, 0.3) is 0 Å². The molecule has 0 saturated carbocycles. The van der Waals surface area contributed by atoms with Crippen molar-refractivity contribution in [3.05, 3.63) is 17.9 Å². The highest BCUT2D eigenvalue weighted by Crippen LogP contribution is 2.37. The quantitative estimate of drug-likeness (QED) is 0.434. The maximum atomic E-state index is 13.5. The summed E-state index contributed by atoms with van der Waals surface area (Å²) in [5, 5.41) is 18.5. The first-order valence-electron chi connectivity index (χ1n) is 9.22. The fourth-order valence-electron chi connectivity index (χ4n) is 2.95. The van der Waals surface area contributed by atoms with Crippen molar-refractivity contribution in [1.82, 2.24) is 10.4 Å². The van der Waals surface area contributed by atoms with E-state index in [1.807, 2.05) is 13.0 Å². The van der Waals surface area contributed by atoms with Crippen LogP contribution < -0.4 is 5.32 Å². The Balaban J connectivity index is 5.75. The largest absolute Gasteiger partial charge is 0.784 e. The zero-order valence-corrected chi connectivity index (χ0v) is 17.3. The van der Waals surface area contributed by atoms with Gasteiger partial charge in [0.05, 0.1) is 0 Å². The first-order valence-corrected chi connectivity index (χ1v) is 9.22. The van der Waals surface area contributed by atoms with Gasteiger partial charge in [0.2, 0.25) is 0 Å². The lowest BCUT2D eigenvalue weighted by Crippen LogP contribution is -2.67. The SMILES string of the molecule is C=CC(C)(C(C)C)N([O-])C(C)(CC)C(CC)NC(C)(C)C(C)C. The van der Waals surface area contributed by atoms with Crippen LogP contribution >= 0.6 is 0 Å². The van der Waals surface area contributed by atoms with Crippen LogP contribution in [0.4, 0.5) is 0 Å². The topological polar surface area (TPSA) is 38.3 Å². The third-order valence-corrected chi connectivity index (χ3v) is 6.35. The van der Waals surface area contributed by atoms with Crippen molar-refractivity contribution in [3.8, 4) is 0 Å². The van der Waals surface area contributed by atoms with Crippen molar-refractivity contribution in [2.75, 3.05) is 0 Å². The van der Waals surface area contributed by atoms with E-state index in [0.29, 0.717) is 5.92 Å². The molecule has 0 amide bonds. The van der Waals surface area contributed by atoms with Gasteiger partial charge < -0.3 is 15.6 Å². The van der Waals surface area contributed by atoms with E-state index in [1.54, 1.807) is 0 Å². The second kappa shape index (κ2) is 8.13. The third kappa shape index (κ3) is 4.58. The van der Waals surface area contributed by atoms with Crippen LogP contribution in [-0.4, -0.2) is 27.7 Å². The molecule has 0 aliphatic rings. The van der Waals surface area contributed by atoms with E-state index in [4.69, 9.17) is 0 Å². The van der Waals surface area contributed by atoms with Crippen LogP contribution in [0.1, 0.15) is 82.1 Å². The maximum absolute atomic E-state index is 13.5. The average molecular weight is 326 g/mol. The van der Waals surface area contributed by atoms with Gasteiger partial charge in [-0.2, -0.15) is 0 Å². The Morgan fingerprint density at radius 3 is 1.78 bits per heavy atom. The zero-order chi connectivity index (χ0) is 18.6. The molecule has 0 radical (unpaired) electrons. The third-order valence-electron chi connectivity index (χ3n) is 6.35. The molecule has 0 fully saturated rings. The summed E-state index contributed by atoms with van der Waals surface area (Å²) in [6, 6.07) is 0.125. The van der Waals surface area contributed by atoms with Crippen molar-refractivity contribution < 1.29 is 0 Å². The van der Waals surface area contributed by atoms with Crippen LogP contribution in [0, 0.1) is 17.0 Å². The lowest BCUT2D eigenvalue weighted by Gasteiger charge is -2.61. The first-order chi connectivity index (χ1) is 10.3. The van der Waals surface area contributed by atoms with Crippen LogP contribution in [-0.2, 0) is 0 Å². The molecule has 0 rings (SSSR count). The Kier molecular flexibility index (Phi) is 8.00. The van der Waals surface area contributed by atoms with Gasteiger partial charge in [-0.3, -0.25) is 0 Å². The number of hydrogen-bond acceptors (Lipinski definition) is 3. The van der Waals surface area contributed by atoms with Gasteiger partial charge >= 0.3 is 0 Å². The molecule has 3 heteroatoms. The zero-order valence-electron chi connectivity index (χ0n) is 17.3. The molecule has 0 aromatic carbocycles. The predicted octanol–water partition coefficient (Wildman–Crippen LogP) is 5.36. The monoisotopic (exact) mass is 325 g/mol. The summed E-state index contributed by atoms with van der Waals surface area (Å²) in [6.45, 7) is 25.4. The second-order valence-corrected chi connectivity index (χ2v) is 8.57. The van der Waals surface area contributed by atoms with E-state index in [0.717, 1.165) is 12.8 Å². The molecule has 23 heavy (non-hydrogen) atoms. The lowest BCUT2D eigenvalue weighted by atomic mass is 9.78. The van der Waals surface area contributed by atoms with Gasteiger partial charge in [-0.05, 0) is 52.4 Å². The van der Waals surface area contributed by atoms with Crippen LogP contribution in [0.15, 0.2) is 12.7 Å². The Morgan fingerprint density at radius 1 is 1.04 bits per heavy atom. The van der Waals surface area contributed by atoms with E-state index in [1.165, 1.54) is 5.06 Å². The van der Waals surface area contributed by atoms with Gasteiger partial charge in [0.25, 0.3) is 0 Å². The number of rotatable bonds is 10. The highest BCUT2D eigenvalue weighted by atomic mass is 16.5. The standard InChI is InChI=1S/C20H41N2O/c1-12-17(21-18(8,9)15(4)5)20(11,14-3)22(23)19(10,13-2)16(6)7/h13,15-17,21H,2,12,14H2,1,3-11H3/q-1. The van der Waals surface area contributed by atoms with E-state index in [-0.39, 0.29) is 17.5 Å². The summed E-state index contributed by atoms with van der Waals surface area (Å²) in [7, 11) is 0. The van der Waals surface area contributed by atoms with E-state index >= 15 is 0 Å². The number of nitrogens with one attached hydrogen (secondary N) is 1. The maximum Gasteiger partial charge on any atom is 0.0272 e. The minimum Gasteiger partial charge on any atom is -0.784 e. The van der Waals surface area contributed by atoms with Crippen molar-refractivity contribution in [1.29, 1.82) is 0 Å². The average Bonchev–Trinajstić information content (AvgIpc) is 2.49. The molecule has 3 unspecified atom stereocenters. The van der Waals surface area contributed by atoms with Crippen LogP contribution in [0.5, 0.6) is 0 Å². The van der Waals surface area contributed by atoms with E-state index in [2.05, 4.69) is 74.2 Å². The summed E-state index contributed by atoms with van der Waals surface area (Å²) in [6.07, 6.45) is 3.54. The molecule has 0 aliphatic heterocycles. The minimum atomic E-state index is -0.568. The molecule has 0 aromatic heterocycles. The molecule has 0 saturated heterocycles. The van der Waals surface area contributed by atoms with Gasteiger partial charge in [-0.25, -0.2) is 0 Å². The molecule has 0 heterocycles. The van der Waals surface area contributed by atoms with Gasteiger partial charge in [-0.15, -0.1) is 6.58 Å². The molecule has 1 N–H and O–H groups in total. The fourth-order valence-corrected chi connectivity index (χ4v) is 2.95. The molecule has 0 spiro atoms. The molecule has 0 bridgehead atoms. The summed E-state index contributed by atoms with van der Waals surface area (Å²) >= 11 is 0. The Bertz CT molecular complexity index is 378. The smallest absolute Gasteiger partial charge is 0.0272 e. The van der Waals surface area contributed by atoms with Gasteiger partial charge in [0.15, 0.2) is 0 Å². The molecule has 138 valence electrons. The van der Waals surface area contributed by atoms with E-state index < -0.39 is 11.1 Å². The Labute approximate surface area is 145 Å². The summed E-state index contributed by atoms with van der Waals surface area (Å²) < 4.78 is 0. The lowest BCUT2D eigenvalue weighted by molar-refractivity contribution is 0.00510. The molecular formula is C20H41N2O-. The Morgan fingerprint density at radius 2 is 1.52 bits per heavy atom. The summed E-state index contributed by atoms with van der Waals surface area (Å²) in [4.78, 5) is 0. The van der Waals surface area contributed by atoms with Crippen molar-refractivity contribution in [2.45, 2.75) is 105 Å². The molecule has 0 aromatic rings. The van der Waals surface area contributed by atoms with Crippen molar-refractivity contribution in [2.24, 2.45) is 11.8 Å². The fraction of sp³-hybridized carbons (Fsp3) is 0.900. The number of hydroxylamine groups is 2. The van der Waals surface area contributed by atoms with Gasteiger partial charge in [-0.1, -0.05) is 47.6 Å². The van der Waals surface area contributed by atoms with Crippen molar-refractivity contribution >= 4 is 0 Å². The van der Waals surface area contributed by atoms with Crippen molar-refractivity contribution in [3.63, 3.8) is 0 Å². The Hall–Kier alpha value is -0.380. The normalized spacial score (nSPS) is 19.7. The molecule has 3 atom stereocenters. The minimum absolute atomic E-state index is 0.0135. The van der Waals surface area contributed by atoms with E-state index in [9.17, 15) is 5.21 Å². The predicted molar refractivity (Wildman–Crippen MR) is 103 cm³/mol. The van der Waals surface area contributed by atoms with Crippen LogP contribution in [0.2, 0.25) is 0 Å². The number of hydrogen-bond donors (Lipinski definition) is 1. The highest BCUT2D eigenvalue weighted by Gasteiger charge is 2.42. The second-order valence-electron chi connectivity index (χ2n) is 8.57.